The van der Waals surface area contributed by atoms with E-state index in [1.165, 1.54) is 23.6 Å². The van der Waals surface area contributed by atoms with Gasteiger partial charge in [-0.1, -0.05) is 44.0 Å². The lowest BCUT2D eigenvalue weighted by atomic mass is 9.48. The summed E-state index contributed by atoms with van der Waals surface area (Å²) < 4.78 is 13.5. The number of amides is 1. The van der Waals surface area contributed by atoms with Crippen LogP contribution in [0.5, 0.6) is 5.75 Å². The maximum absolute atomic E-state index is 14.0. The molecular formula is C36H42N2O4. The number of hydrogen-bond donors (Lipinski definition) is 0. The van der Waals surface area contributed by atoms with Crippen LogP contribution in [0, 0.1) is 31.6 Å². The molecule has 0 radical (unpaired) electrons. The van der Waals surface area contributed by atoms with Crippen molar-refractivity contribution in [3.63, 3.8) is 0 Å². The lowest BCUT2D eigenvalue weighted by Gasteiger charge is -2.65. The smallest absolute Gasteiger partial charge is 0.303 e. The molecule has 0 N–H and O–H groups in total. The first-order valence-electron chi connectivity index (χ1n) is 15.3. The van der Waals surface area contributed by atoms with Gasteiger partial charge in [0, 0.05) is 43.6 Å². The van der Waals surface area contributed by atoms with Gasteiger partial charge in [-0.15, -0.1) is 6.58 Å². The first-order chi connectivity index (χ1) is 20.1. The van der Waals surface area contributed by atoms with Gasteiger partial charge in [0.25, 0.3) is 5.91 Å². The molecule has 1 amide bonds. The zero-order chi connectivity index (χ0) is 29.8. The van der Waals surface area contributed by atoms with E-state index in [9.17, 15) is 9.59 Å². The van der Waals surface area contributed by atoms with E-state index in [0.717, 1.165) is 42.8 Å². The second-order valence-corrected chi connectivity index (χ2v) is 13.0. The molecule has 1 saturated heterocycles. The number of hydrogen-bond acceptors (Lipinski definition) is 5. The average molecular weight is 567 g/mol. The van der Waals surface area contributed by atoms with Crippen molar-refractivity contribution in [2.75, 3.05) is 19.6 Å². The van der Waals surface area contributed by atoms with Gasteiger partial charge >= 0.3 is 5.97 Å². The molecule has 2 bridgehead atoms. The fraction of sp³-hybridized carbons (Fsp3) is 0.500. The fourth-order valence-electron chi connectivity index (χ4n) is 8.49. The number of esters is 1. The number of benzene rings is 2. The van der Waals surface area contributed by atoms with E-state index in [4.69, 9.17) is 9.47 Å². The summed E-state index contributed by atoms with van der Waals surface area (Å²) in [6.07, 6.45) is 4.52. The lowest BCUT2D eigenvalue weighted by Crippen LogP contribution is -2.79. The van der Waals surface area contributed by atoms with Crippen molar-refractivity contribution in [3.8, 4) is 17.6 Å². The topological polar surface area (TPSA) is 59.1 Å². The van der Waals surface area contributed by atoms with Crippen molar-refractivity contribution in [2.45, 2.75) is 89.5 Å². The molecule has 4 aliphatic rings. The second-order valence-electron chi connectivity index (χ2n) is 13.0. The standard InChI is InChI=1S/C36H42N2O4/c1-7-18-37-19-17-35-33-28-9-8-10-30(33)41-34(35)29(15-16-36(35,31(37)21-28)42-26(6)39)38(22-23(2)3)32(40)14-13-27-12-11-24(4)25(5)20-27/h7-12,20,23,29,31,34H,1,15-19,21-22H2,2-6H3/t29-,31-,34+,35+,36-/m1/s1. The summed E-state index contributed by atoms with van der Waals surface area (Å²) in [5, 5.41) is 0. The number of nitrogens with zero attached hydrogens (tertiary/aromatic N) is 2. The molecular weight excluding hydrogens is 524 g/mol. The Morgan fingerprint density at radius 2 is 2.02 bits per heavy atom. The minimum absolute atomic E-state index is 0.0138. The summed E-state index contributed by atoms with van der Waals surface area (Å²) >= 11 is 0. The van der Waals surface area contributed by atoms with E-state index >= 15 is 0 Å². The molecule has 6 nitrogen and oxygen atoms in total. The summed E-state index contributed by atoms with van der Waals surface area (Å²) in [4.78, 5) is 31.2. The van der Waals surface area contributed by atoms with Gasteiger partial charge in [0.15, 0.2) is 0 Å². The van der Waals surface area contributed by atoms with E-state index < -0.39 is 11.0 Å². The van der Waals surface area contributed by atoms with Crippen molar-refractivity contribution in [1.29, 1.82) is 0 Å². The Hall–Kier alpha value is -3.56. The molecule has 2 aliphatic carbocycles. The average Bonchev–Trinajstić information content (AvgIpc) is 3.28. The first-order valence-corrected chi connectivity index (χ1v) is 15.3. The molecule has 220 valence electrons. The lowest BCUT2D eigenvalue weighted by molar-refractivity contribution is -0.223. The van der Waals surface area contributed by atoms with Crippen LogP contribution in [0.3, 0.4) is 0 Å². The molecule has 2 aromatic rings. The van der Waals surface area contributed by atoms with E-state index in [-0.39, 0.29) is 36.0 Å². The van der Waals surface area contributed by atoms with Crippen LogP contribution in [0.25, 0.3) is 0 Å². The predicted molar refractivity (Wildman–Crippen MR) is 163 cm³/mol. The molecule has 1 spiro atoms. The first kappa shape index (κ1) is 28.6. The number of rotatable bonds is 6. The third-order valence-electron chi connectivity index (χ3n) is 10.1. The third kappa shape index (κ3) is 4.28. The quantitative estimate of drug-likeness (QED) is 0.276. The summed E-state index contributed by atoms with van der Waals surface area (Å²) in [7, 11) is 0. The minimum atomic E-state index is -0.738. The number of aryl methyl sites for hydroxylation is 2. The molecule has 42 heavy (non-hydrogen) atoms. The van der Waals surface area contributed by atoms with Crippen molar-refractivity contribution < 1.29 is 19.1 Å². The highest BCUT2D eigenvalue weighted by molar-refractivity contribution is 5.94. The summed E-state index contributed by atoms with van der Waals surface area (Å²) in [5.41, 5.74) is 4.37. The molecule has 0 aromatic heterocycles. The molecule has 2 fully saturated rings. The van der Waals surface area contributed by atoms with E-state index in [0.29, 0.717) is 19.4 Å². The molecule has 1 saturated carbocycles. The van der Waals surface area contributed by atoms with Crippen LogP contribution in [0.1, 0.15) is 67.9 Å². The number of carbonyl (C=O) groups excluding carboxylic acids is 2. The zero-order valence-electron chi connectivity index (χ0n) is 25.5. The van der Waals surface area contributed by atoms with Crippen molar-refractivity contribution >= 4 is 11.9 Å². The summed E-state index contributed by atoms with van der Waals surface area (Å²) in [6, 6.07) is 12.2. The minimum Gasteiger partial charge on any atom is -0.487 e. The van der Waals surface area contributed by atoms with Gasteiger partial charge in [0.05, 0.1) is 17.5 Å². The normalized spacial score (nSPS) is 28.7. The van der Waals surface area contributed by atoms with Crippen LogP contribution in [0.4, 0.5) is 0 Å². The monoisotopic (exact) mass is 566 g/mol. The predicted octanol–water partition coefficient (Wildman–Crippen LogP) is 5.12. The Kier molecular flexibility index (Phi) is 7.22. The molecule has 0 unspecified atom stereocenters. The Morgan fingerprint density at radius 1 is 1.21 bits per heavy atom. The zero-order valence-corrected chi connectivity index (χ0v) is 25.5. The summed E-state index contributed by atoms with van der Waals surface area (Å²) in [5.74, 6) is 6.80. The Balaban J connectivity index is 1.45. The van der Waals surface area contributed by atoms with Gasteiger partial charge in [-0.25, -0.2) is 0 Å². The number of ether oxygens (including phenoxy) is 2. The fourth-order valence-corrected chi connectivity index (χ4v) is 8.49. The Bertz CT molecular complexity index is 1500. The Morgan fingerprint density at radius 3 is 2.74 bits per heavy atom. The molecule has 6 rings (SSSR count). The van der Waals surface area contributed by atoms with Gasteiger partial charge in [-0.2, -0.15) is 0 Å². The number of piperidine rings is 1. The van der Waals surface area contributed by atoms with Crippen LogP contribution in [0.15, 0.2) is 49.1 Å². The van der Waals surface area contributed by atoms with E-state index in [2.05, 4.69) is 63.1 Å². The highest BCUT2D eigenvalue weighted by atomic mass is 16.6. The molecule has 5 atom stereocenters. The molecule has 2 heterocycles. The molecule has 2 aliphatic heterocycles. The van der Waals surface area contributed by atoms with E-state index in [1.807, 2.05) is 35.2 Å². The highest BCUT2D eigenvalue weighted by Crippen LogP contribution is 2.65. The van der Waals surface area contributed by atoms with Crippen LogP contribution in [-0.4, -0.2) is 65.1 Å². The molecule has 6 heteroatoms. The van der Waals surface area contributed by atoms with Crippen LogP contribution in [-0.2, 0) is 26.2 Å². The maximum atomic E-state index is 14.0. The number of likely N-dealkylation sites (tertiary alicyclic amines) is 1. The van der Waals surface area contributed by atoms with Crippen molar-refractivity contribution in [3.05, 3.63) is 76.9 Å². The largest absolute Gasteiger partial charge is 0.487 e. The second kappa shape index (κ2) is 10.6. The van der Waals surface area contributed by atoms with Gasteiger partial charge in [0.1, 0.15) is 17.5 Å². The van der Waals surface area contributed by atoms with Gasteiger partial charge in [-0.3, -0.25) is 14.5 Å². The van der Waals surface area contributed by atoms with Crippen molar-refractivity contribution in [1.82, 2.24) is 9.80 Å². The summed E-state index contributed by atoms with van der Waals surface area (Å²) in [6.45, 7) is 16.1. The van der Waals surface area contributed by atoms with Gasteiger partial charge in [-0.05, 0) is 80.3 Å². The Labute approximate surface area is 250 Å². The van der Waals surface area contributed by atoms with Crippen LogP contribution >= 0.6 is 0 Å². The molecule has 2 aromatic carbocycles. The van der Waals surface area contributed by atoms with Crippen LogP contribution < -0.4 is 4.74 Å². The van der Waals surface area contributed by atoms with Crippen LogP contribution in [0.2, 0.25) is 0 Å². The number of carbonyl (C=O) groups is 2. The van der Waals surface area contributed by atoms with Gasteiger partial charge in [0.2, 0.25) is 0 Å². The van der Waals surface area contributed by atoms with Crippen molar-refractivity contribution in [2.24, 2.45) is 5.92 Å². The maximum Gasteiger partial charge on any atom is 0.303 e. The van der Waals surface area contributed by atoms with E-state index in [1.54, 1.807) is 0 Å². The third-order valence-corrected chi connectivity index (χ3v) is 10.1. The highest BCUT2D eigenvalue weighted by Gasteiger charge is 2.75. The SMILES string of the molecule is C=CCN1CC[C@]23c4c5cccc4O[C@H]2[C@H](N(CC(C)C)C(=O)C#Cc2ccc(C)c(C)c2)CC[C@@]3(OC(C)=O)[C@H]1C5. The van der Waals surface area contributed by atoms with Gasteiger partial charge < -0.3 is 14.4 Å².